The van der Waals surface area contributed by atoms with Crippen LogP contribution in [0.4, 0.5) is 5.69 Å². The van der Waals surface area contributed by atoms with E-state index in [-0.39, 0.29) is 18.2 Å². The first-order valence-corrected chi connectivity index (χ1v) is 8.63. The zero-order chi connectivity index (χ0) is 16.1. The van der Waals surface area contributed by atoms with E-state index in [0.717, 1.165) is 25.2 Å². The molecule has 0 aliphatic carbocycles. The minimum Gasteiger partial charge on any atom is -0.349 e. The van der Waals surface area contributed by atoms with Gasteiger partial charge in [-0.3, -0.25) is 9.69 Å². The molecule has 1 unspecified atom stereocenters. The van der Waals surface area contributed by atoms with E-state index in [0.29, 0.717) is 24.7 Å². The highest BCUT2D eigenvalue weighted by Crippen LogP contribution is 2.24. The van der Waals surface area contributed by atoms with E-state index in [4.69, 9.17) is 21.1 Å². The van der Waals surface area contributed by atoms with Gasteiger partial charge in [-0.15, -0.1) is 0 Å². The second-order valence-corrected chi connectivity index (χ2v) is 6.45. The molecule has 126 valence electrons. The molecular formula is C17H23ClN2O3. The van der Waals surface area contributed by atoms with Crippen molar-refractivity contribution in [3.8, 4) is 0 Å². The zero-order valence-electron chi connectivity index (χ0n) is 13.2. The van der Waals surface area contributed by atoms with Gasteiger partial charge >= 0.3 is 0 Å². The van der Waals surface area contributed by atoms with E-state index in [9.17, 15) is 4.79 Å². The van der Waals surface area contributed by atoms with Gasteiger partial charge in [-0.2, -0.15) is 0 Å². The Morgan fingerprint density at radius 3 is 2.91 bits per heavy atom. The van der Waals surface area contributed by atoms with Gasteiger partial charge in [-0.25, -0.2) is 0 Å². The molecule has 1 aromatic carbocycles. The summed E-state index contributed by atoms with van der Waals surface area (Å²) in [6.07, 6.45) is 3.75. The largest absolute Gasteiger partial charge is 0.349 e. The molecule has 2 aliphatic rings. The van der Waals surface area contributed by atoms with Crippen LogP contribution in [0, 0.1) is 0 Å². The highest BCUT2D eigenvalue weighted by atomic mass is 35.5. The minimum atomic E-state index is -0.133. The molecule has 0 bridgehead atoms. The number of rotatable bonds is 5. The maximum absolute atomic E-state index is 12.2. The number of hydrogen-bond donors (Lipinski definition) is 1. The second kappa shape index (κ2) is 8.11. The number of hydrogen-bond acceptors (Lipinski definition) is 4. The number of carbonyl (C=O) groups is 1. The number of likely N-dealkylation sites (tertiary alicyclic amines) is 1. The number of nitrogens with one attached hydrogen (secondary N) is 1. The SMILES string of the molecule is O=C(CCN1CCCCC1C1OCCO1)Nc1cccc(Cl)c1. The van der Waals surface area contributed by atoms with Gasteiger partial charge in [0.1, 0.15) is 0 Å². The number of amides is 1. The molecule has 0 spiro atoms. The summed E-state index contributed by atoms with van der Waals surface area (Å²) in [5, 5.41) is 3.51. The average molecular weight is 339 g/mol. The highest BCUT2D eigenvalue weighted by Gasteiger charge is 2.33. The molecule has 2 saturated heterocycles. The lowest BCUT2D eigenvalue weighted by Crippen LogP contribution is -2.48. The van der Waals surface area contributed by atoms with Gasteiger partial charge in [0.15, 0.2) is 6.29 Å². The zero-order valence-corrected chi connectivity index (χ0v) is 13.9. The number of nitrogens with zero attached hydrogens (tertiary/aromatic N) is 1. The number of anilines is 1. The van der Waals surface area contributed by atoms with E-state index in [1.165, 1.54) is 12.8 Å². The molecule has 2 heterocycles. The van der Waals surface area contributed by atoms with Crippen LogP contribution in [0.2, 0.25) is 5.02 Å². The van der Waals surface area contributed by atoms with Gasteiger partial charge in [0, 0.05) is 23.7 Å². The van der Waals surface area contributed by atoms with Gasteiger partial charge in [-0.1, -0.05) is 24.1 Å². The van der Waals surface area contributed by atoms with Gasteiger partial charge in [0.05, 0.1) is 19.3 Å². The maximum Gasteiger partial charge on any atom is 0.225 e. The first kappa shape index (κ1) is 16.7. The Balaban J connectivity index is 1.50. The van der Waals surface area contributed by atoms with Crippen molar-refractivity contribution in [2.45, 2.75) is 38.0 Å². The van der Waals surface area contributed by atoms with Crippen LogP contribution in [-0.4, -0.2) is 49.4 Å². The van der Waals surface area contributed by atoms with Crippen molar-refractivity contribution >= 4 is 23.2 Å². The van der Waals surface area contributed by atoms with Crippen LogP contribution >= 0.6 is 11.6 Å². The average Bonchev–Trinajstić information content (AvgIpc) is 3.07. The van der Waals surface area contributed by atoms with Crippen LogP contribution in [0.5, 0.6) is 0 Å². The Morgan fingerprint density at radius 2 is 2.13 bits per heavy atom. The summed E-state index contributed by atoms with van der Waals surface area (Å²) in [5.74, 6) is 0.00449. The number of benzene rings is 1. The molecule has 3 rings (SSSR count). The Kier molecular flexibility index (Phi) is 5.89. The molecule has 6 heteroatoms. The molecule has 2 aliphatic heterocycles. The van der Waals surface area contributed by atoms with Crippen molar-refractivity contribution < 1.29 is 14.3 Å². The van der Waals surface area contributed by atoms with Gasteiger partial charge < -0.3 is 14.8 Å². The quantitative estimate of drug-likeness (QED) is 0.897. The summed E-state index contributed by atoms with van der Waals surface area (Å²) in [5.41, 5.74) is 0.736. The molecular weight excluding hydrogens is 316 g/mol. The van der Waals surface area contributed by atoms with Crippen molar-refractivity contribution in [2.75, 3.05) is 31.6 Å². The number of ether oxygens (including phenoxy) is 2. The van der Waals surface area contributed by atoms with Gasteiger partial charge in [0.25, 0.3) is 0 Å². The predicted molar refractivity (Wildman–Crippen MR) is 89.6 cm³/mol. The lowest BCUT2D eigenvalue weighted by atomic mass is 10.0. The van der Waals surface area contributed by atoms with Gasteiger partial charge in [-0.05, 0) is 37.6 Å². The Bertz CT molecular complexity index is 534. The fourth-order valence-corrected chi connectivity index (χ4v) is 3.43. The third kappa shape index (κ3) is 4.67. The van der Waals surface area contributed by atoms with Crippen LogP contribution in [0.15, 0.2) is 24.3 Å². The number of halogens is 1. The number of piperidine rings is 1. The van der Waals surface area contributed by atoms with Crippen molar-refractivity contribution in [2.24, 2.45) is 0 Å². The Hall–Kier alpha value is -1.14. The fourth-order valence-electron chi connectivity index (χ4n) is 3.24. The molecule has 1 aromatic rings. The van der Waals surface area contributed by atoms with Crippen LogP contribution in [0.3, 0.4) is 0 Å². The summed E-state index contributed by atoms with van der Waals surface area (Å²) in [7, 11) is 0. The summed E-state index contributed by atoms with van der Waals surface area (Å²) >= 11 is 5.93. The first-order valence-electron chi connectivity index (χ1n) is 8.25. The monoisotopic (exact) mass is 338 g/mol. The summed E-state index contributed by atoms with van der Waals surface area (Å²) in [4.78, 5) is 14.5. The van der Waals surface area contributed by atoms with E-state index >= 15 is 0 Å². The highest BCUT2D eigenvalue weighted by molar-refractivity contribution is 6.30. The van der Waals surface area contributed by atoms with Crippen molar-refractivity contribution in [1.82, 2.24) is 4.90 Å². The minimum absolute atomic E-state index is 0.00449. The second-order valence-electron chi connectivity index (χ2n) is 6.02. The fraction of sp³-hybridized carbons (Fsp3) is 0.588. The van der Waals surface area contributed by atoms with E-state index in [2.05, 4.69) is 10.2 Å². The molecule has 5 nitrogen and oxygen atoms in total. The topological polar surface area (TPSA) is 50.8 Å². The van der Waals surface area contributed by atoms with Crippen LogP contribution < -0.4 is 5.32 Å². The van der Waals surface area contributed by atoms with Gasteiger partial charge in [0.2, 0.25) is 5.91 Å². The Labute approximate surface area is 141 Å². The molecule has 1 N–H and O–H groups in total. The predicted octanol–water partition coefficient (Wildman–Crippen LogP) is 2.90. The standard InChI is InChI=1S/C17H23ClN2O3/c18-13-4-3-5-14(12-13)19-16(21)7-9-20-8-2-1-6-15(20)17-22-10-11-23-17/h3-5,12,15,17H,1-2,6-11H2,(H,19,21). The molecule has 2 fully saturated rings. The van der Waals surface area contributed by atoms with Crippen molar-refractivity contribution in [1.29, 1.82) is 0 Å². The smallest absolute Gasteiger partial charge is 0.225 e. The van der Waals surface area contributed by atoms with E-state index in [1.54, 1.807) is 12.1 Å². The molecule has 0 saturated carbocycles. The van der Waals surface area contributed by atoms with Crippen LogP contribution in [0.25, 0.3) is 0 Å². The molecule has 23 heavy (non-hydrogen) atoms. The van der Waals surface area contributed by atoms with Crippen molar-refractivity contribution in [3.63, 3.8) is 0 Å². The lowest BCUT2D eigenvalue weighted by Gasteiger charge is -2.37. The summed E-state index contributed by atoms with van der Waals surface area (Å²) in [6, 6.07) is 7.48. The summed E-state index contributed by atoms with van der Waals surface area (Å²) in [6.45, 7) is 3.06. The molecule has 0 aromatic heterocycles. The normalized spacial score (nSPS) is 23.1. The lowest BCUT2D eigenvalue weighted by molar-refractivity contribution is -0.120. The molecule has 1 atom stereocenters. The van der Waals surface area contributed by atoms with E-state index in [1.807, 2.05) is 12.1 Å². The van der Waals surface area contributed by atoms with E-state index < -0.39 is 0 Å². The van der Waals surface area contributed by atoms with Crippen LogP contribution in [-0.2, 0) is 14.3 Å². The summed E-state index contributed by atoms with van der Waals surface area (Å²) < 4.78 is 11.3. The molecule has 1 amide bonds. The maximum atomic E-state index is 12.2. The van der Waals surface area contributed by atoms with Crippen molar-refractivity contribution in [3.05, 3.63) is 29.3 Å². The Morgan fingerprint density at radius 1 is 1.30 bits per heavy atom. The molecule has 0 radical (unpaired) electrons. The third-order valence-electron chi connectivity index (χ3n) is 4.36. The van der Waals surface area contributed by atoms with Crippen LogP contribution in [0.1, 0.15) is 25.7 Å². The number of carbonyl (C=O) groups excluding carboxylic acids is 1. The third-order valence-corrected chi connectivity index (χ3v) is 4.60. The first-order chi connectivity index (χ1) is 11.2.